The van der Waals surface area contributed by atoms with Gasteiger partial charge in [-0.2, -0.15) is 0 Å². The third kappa shape index (κ3) is 3.89. The third-order valence-electron chi connectivity index (χ3n) is 5.60. The highest BCUT2D eigenvalue weighted by molar-refractivity contribution is 6.15. The van der Waals surface area contributed by atoms with E-state index in [0.717, 1.165) is 38.9 Å². The monoisotopic (exact) mass is 426 g/mol. The Morgan fingerprint density at radius 1 is 0.906 bits per heavy atom. The number of nitrogens with zero attached hydrogens (tertiary/aromatic N) is 1. The number of hydrogen-bond donors (Lipinski definition) is 1. The molecule has 0 bridgehead atoms. The van der Waals surface area contributed by atoms with Gasteiger partial charge in [0.15, 0.2) is 0 Å². The molecule has 5 nitrogen and oxygen atoms in total. The molecule has 0 aliphatic carbocycles. The third-order valence-corrected chi connectivity index (χ3v) is 5.60. The summed E-state index contributed by atoms with van der Waals surface area (Å²) >= 11 is 0. The quantitative estimate of drug-likeness (QED) is 0.419. The zero-order valence-electron chi connectivity index (χ0n) is 18.9. The number of carbonyl (C=O) groups excluding carboxylic acids is 1. The van der Waals surface area contributed by atoms with Gasteiger partial charge in [-0.25, -0.2) is 4.98 Å². The Morgan fingerprint density at radius 2 is 1.66 bits per heavy atom. The normalized spacial score (nSPS) is 10.8. The molecule has 4 rings (SSSR count). The van der Waals surface area contributed by atoms with Crippen molar-refractivity contribution in [3.63, 3.8) is 0 Å². The number of methoxy groups -OCH3 is 2. The molecule has 0 aliphatic rings. The average molecular weight is 427 g/mol. The molecule has 1 amide bonds. The van der Waals surface area contributed by atoms with Gasteiger partial charge >= 0.3 is 0 Å². The minimum atomic E-state index is -0.219. The second-order valence-corrected chi connectivity index (χ2v) is 7.82. The Morgan fingerprint density at radius 3 is 2.34 bits per heavy atom. The van der Waals surface area contributed by atoms with Crippen LogP contribution in [0.4, 0.5) is 5.69 Å². The fourth-order valence-electron chi connectivity index (χ4n) is 4.08. The van der Waals surface area contributed by atoms with Crippen LogP contribution in [0.25, 0.3) is 22.2 Å². The predicted octanol–water partition coefficient (Wildman–Crippen LogP) is 6.10. The molecule has 0 saturated heterocycles. The smallest absolute Gasteiger partial charge is 0.256 e. The molecule has 32 heavy (non-hydrogen) atoms. The Hall–Kier alpha value is -3.86. The number of fused-ring (bicyclic) bond motifs is 1. The Labute approximate surface area is 188 Å². The van der Waals surface area contributed by atoms with Gasteiger partial charge in [-0.3, -0.25) is 4.79 Å². The molecule has 0 saturated carbocycles. The van der Waals surface area contributed by atoms with Crippen molar-refractivity contribution in [3.8, 4) is 22.8 Å². The Balaban J connectivity index is 1.93. The fraction of sp³-hybridized carbons (Fsp3) is 0.185. The number of amides is 1. The van der Waals surface area contributed by atoms with Crippen LogP contribution in [0.3, 0.4) is 0 Å². The van der Waals surface area contributed by atoms with Crippen LogP contribution in [0.15, 0.2) is 60.7 Å². The van der Waals surface area contributed by atoms with Crippen LogP contribution in [0, 0.1) is 20.8 Å². The molecule has 162 valence electrons. The van der Waals surface area contributed by atoms with E-state index < -0.39 is 0 Å². The van der Waals surface area contributed by atoms with Crippen molar-refractivity contribution in [3.05, 3.63) is 82.9 Å². The number of anilines is 1. The molecule has 0 unspecified atom stereocenters. The van der Waals surface area contributed by atoms with Gasteiger partial charge in [0.2, 0.25) is 0 Å². The lowest BCUT2D eigenvalue weighted by molar-refractivity contribution is 0.102. The number of hydrogen-bond acceptors (Lipinski definition) is 4. The van der Waals surface area contributed by atoms with Crippen LogP contribution < -0.4 is 14.8 Å². The number of ether oxygens (including phenoxy) is 2. The summed E-state index contributed by atoms with van der Waals surface area (Å²) in [5.41, 5.74) is 6.68. The van der Waals surface area contributed by atoms with Crippen LogP contribution in [0.2, 0.25) is 0 Å². The molecular weight excluding hydrogens is 400 g/mol. The summed E-state index contributed by atoms with van der Waals surface area (Å²) in [5.74, 6) is 0.975. The van der Waals surface area contributed by atoms with E-state index in [-0.39, 0.29) is 5.91 Å². The maximum atomic E-state index is 13.7. The van der Waals surface area contributed by atoms with Crippen molar-refractivity contribution in [1.29, 1.82) is 0 Å². The van der Waals surface area contributed by atoms with Crippen molar-refractivity contribution in [1.82, 2.24) is 4.98 Å². The maximum absolute atomic E-state index is 13.7. The number of nitrogens with one attached hydrogen (secondary N) is 1. The van der Waals surface area contributed by atoms with Crippen molar-refractivity contribution >= 4 is 22.5 Å². The van der Waals surface area contributed by atoms with Gasteiger partial charge in [0.05, 0.1) is 36.7 Å². The van der Waals surface area contributed by atoms with Crippen LogP contribution in [-0.4, -0.2) is 25.1 Å². The standard InChI is InChI=1S/C27H26N2O3/c1-16-13-17(2)25-21(14-16)24(18(3)26(29-25)19-9-7-6-8-10-19)27(30)28-22-15-20(31-4)11-12-23(22)32-5/h6-15H,1-5H3,(H,28,30). The number of aromatic nitrogens is 1. The molecule has 4 aromatic rings. The second kappa shape index (κ2) is 8.71. The highest BCUT2D eigenvalue weighted by atomic mass is 16.5. The SMILES string of the molecule is COc1ccc(OC)c(NC(=O)c2c(C)c(-c3ccccc3)nc3c(C)cc(C)cc23)c1. The number of aryl methyl sites for hydroxylation is 2. The minimum absolute atomic E-state index is 0.219. The molecule has 0 atom stereocenters. The zero-order valence-corrected chi connectivity index (χ0v) is 18.9. The van der Waals surface area contributed by atoms with Gasteiger partial charge in [-0.1, -0.05) is 42.0 Å². The summed E-state index contributed by atoms with van der Waals surface area (Å²) in [6.07, 6.45) is 0. The first-order valence-electron chi connectivity index (χ1n) is 10.4. The van der Waals surface area contributed by atoms with Crippen LogP contribution >= 0.6 is 0 Å². The van der Waals surface area contributed by atoms with E-state index in [1.807, 2.05) is 57.2 Å². The lowest BCUT2D eigenvalue weighted by Gasteiger charge is -2.17. The Bertz CT molecular complexity index is 1310. The summed E-state index contributed by atoms with van der Waals surface area (Å²) in [6, 6.07) is 19.4. The van der Waals surface area contributed by atoms with Crippen molar-refractivity contribution in [2.75, 3.05) is 19.5 Å². The number of rotatable bonds is 5. The van der Waals surface area contributed by atoms with Gasteiger partial charge in [0.1, 0.15) is 11.5 Å². The molecule has 0 radical (unpaired) electrons. The van der Waals surface area contributed by atoms with Crippen molar-refractivity contribution in [2.24, 2.45) is 0 Å². The molecule has 1 heterocycles. The number of benzene rings is 3. The molecule has 1 N–H and O–H groups in total. The minimum Gasteiger partial charge on any atom is -0.497 e. The molecule has 0 spiro atoms. The van der Waals surface area contributed by atoms with Gasteiger partial charge in [0, 0.05) is 17.0 Å². The van der Waals surface area contributed by atoms with E-state index in [0.29, 0.717) is 22.7 Å². The lowest BCUT2D eigenvalue weighted by Crippen LogP contribution is -2.16. The van der Waals surface area contributed by atoms with Crippen LogP contribution in [0.1, 0.15) is 27.0 Å². The van der Waals surface area contributed by atoms with Gasteiger partial charge in [-0.05, 0) is 50.1 Å². The van der Waals surface area contributed by atoms with E-state index in [9.17, 15) is 4.79 Å². The topological polar surface area (TPSA) is 60.5 Å². The van der Waals surface area contributed by atoms with E-state index in [1.165, 1.54) is 0 Å². The number of carbonyl (C=O) groups is 1. The molecule has 0 aliphatic heterocycles. The zero-order chi connectivity index (χ0) is 22.8. The van der Waals surface area contributed by atoms with E-state index in [4.69, 9.17) is 14.5 Å². The van der Waals surface area contributed by atoms with Crippen molar-refractivity contribution in [2.45, 2.75) is 20.8 Å². The predicted molar refractivity (Wildman–Crippen MR) is 129 cm³/mol. The van der Waals surface area contributed by atoms with E-state index in [1.54, 1.807) is 32.4 Å². The van der Waals surface area contributed by atoms with Crippen LogP contribution in [-0.2, 0) is 0 Å². The lowest BCUT2D eigenvalue weighted by atomic mass is 9.94. The Kier molecular flexibility index (Phi) is 5.82. The molecular formula is C27H26N2O3. The van der Waals surface area contributed by atoms with E-state index >= 15 is 0 Å². The molecule has 1 aromatic heterocycles. The highest BCUT2D eigenvalue weighted by Gasteiger charge is 2.21. The summed E-state index contributed by atoms with van der Waals surface area (Å²) in [7, 11) is 3.16. The largest absolute Gasteiger partial charge is 0.497 e. The number of pyridine rings is 1. The second-order valence-electron chi connectivity index (χ2n) is 7.82. The highest BCUT2D eigenvalue weighted by Crippen LogP contribution is 2.34. The first kappa shape index (κ1) is 21.4. The van der Waals surface area contributed by atoms with Crippen molar-refractivity contribution < 1.29 is 14.3 Å². The summed E-state index contributed by atoms with van der Waals surface area (Å²) in [6.45, 7) is 6.00. The summed E-state index contributed by atoms with van der Waals surface area (Å²) in [4.78, 5) is 18.7. The molecule has 0 fully saturated rings. The average Bonchev–Trinajstić information content (AvgIpc) is 2.79. The first-order valence-corrected chi connectivity index (χ1v) is 10.4. The molecule has 3 aromatic carbocycles. The molecule has 5 heteroatoms. The summed E-state index contributed by atoms with van der Waals surface area (Å²) < 4.78 is 10.8. The van der Waals surface area contributed by atoms with Gasteiger partial charge < -0.3 is 14.8 Å². The fourth-order valence-corrected chi connectivity index (χ4v) is 4.08. The first-order chi connectivity index (χ1) is 15.4. The van der Waals surface area contributed by atoms with Gasteiger partial charge in [-0.15, -0.1) is 0 Å². The van der Waals surface area contributed by atoms with E-state index in [2.05, 4.69) is 11.4 Å². The maximum Gasteiger partial charge on any atom is 0.256 e. The van der Waals surface area contributed by atoms with Crippen LogP contribution in [0.5, 0.6) is 11.5 Å². The summed E-state index contributed by atoms with van der Waals surface area (Å²) in [5, 5.41) is 3.86. The van der Waals surface area contributed by atoms with Gasteiger partial charge in [0.25, 0.3) is 5.91 Å².